The molecule has 0 aliphatic carbocycles. The topological polar surface area (TPSA) is 99.7 Å². The van der Waals surface area contributed by atoms with Gasteiger partial charge in [0.05, 0.1) is 6.54 Å². The van der Waals surface area contributed by atoms with Gasteiger partial charge < -0.3 is 20.3 Å². The number of anilines is 3. The molecule has 0 unspecified atom stereocenters. The summed E-state index contributed by atoms with van der Waals surface area (Å²) in [5.41, 5.74) is 4.51. The van der Waals surface area contributed by atoms with E-state index in [0.717, 1.165) is 48.9 Å². The van der Waals surface area contributed by atoms with Gasteiger partial charge in [-0.3, -0.25) is 9.69 Å². The monoisotopic (exact) mass is 676 g/mol. The molecule has 4 aromatic rings. The van der Waals surface area contributed by atoms with E-state index in [1.165, 1.54) is 4.90 Å². The molecule has 47 heavy (non-hydrogen) atoms. The lowest BCUT2D eigenvalue weighted by Gasteiger charge is -2.23. The van der Waals surface area contributed by atoms with Crippen molar-refractivity contribution in [2.24, 2.45) is 0 Å². The number of hydrogen-bond donors (Lipinski definition) is 2. The largest absolute Gasteiger partial charge is 0.421 e. The minimum absolute atomic E-state index is 0.0456. The molecule has 0 bridgehead atoms. The molecule has 0 spiro atoms. The number of nitrogens with zero attached hydrogens (tertiary/aromatic N) is 4. The van der Waals surface area contributed by atoms with Crippen LogP contribution < -0.4 is 20.3 Å². The molecular weight excluding hydrogens is 635 g/mol. The van der Waals surface area contributed by atoms with Gasteiger partial charge in [-0.05, 0) is 113 Å². The highest BCUT2D eigenvalue weighted by molar-refractivity contribution is 6.33. The number of carbonyl (C=O) groups is 2. The van der Waals surface area contributed by atoms with Gasteiger partial charge in [-0.2, -0.15) is 4.98 Å². The Labute approximate surface area is 287 Å². The van der Waals surface area contributed by atoms with Crippen molar-refractivity contribution in [1.82, 2.24) is 20.2 Å². The van der Waals surface area contributed by atoms with Gasteiger partial charge in [-0.1, -0.05) is 59.8 Å². The van der Waals surface area contributed by atoms with Crippen molar-refractivity contribution >= 4 is 52.7 Å². The van der Waals surface area contributed by atoms with E-state index in [9.17, 15) is 9.59 Å². The second-order valence-corrected chi connectivity index (χ2v) is 12.7. The van der Waals surface area contributed by atoms with Crippen molar-refractivity contribution in [3.05, 3.63) is 105 Å². The minimum Gasteiger partial charge on any atom is -0.409 e. The molecule has 0 fully saturated rings. The number of carbonyl (C=O) groups excluding carboxylic acids is 2. The molecule has 11 heteroatoms. The standard InChI is InChI=1S/C36H42Cl2N6O3/c1-24-19-25(2)33(26(3)20-24)47-36(46)44(23-28-21-29(37)13-14-31(28)38)32-15-17-40-35(42-32)41-30-12-10-11-27(22-30)34(45)39-16-8-6-7-9-18-43(4)5/h10-15,17,19-22H,6-9,16,18,23H2,1-5H3,(H,39,45)(H,40,41,42). The van der Waals surface area contributed by atoms with Gasteiger partial charge in [0.2, 0.25) is 5.95 Å². The maximum absolute atomic E-state index is 13.8. The summed E-state index contributed by atoms with van der Waals surface area (Å²) in [6, 6.07) is 17.7. The number of ether oxygens (including phenoxy) is 1. The zero-order valence-corrected chi connectivity index (χ0v) is 29.1. The van der Waals surface area contributed by atoms with Crippen LogP contribution >= 0.6 is 23.2 Å². The van der Waals surface area contributed by atoms with Crippen LogP contribution in [0.15, 0.2) is 66.9 Å². The number of aryl methyl sites for hydroxylation is 3. The normalized spacial score (nSPS) is 11.0. The molecule has 0 aliphatic heterocycles. The Hall–Kier alpha value is -4.18. The van der Waals surface area contributed by atoms with Crippen molar-refractivity contribution in [1.29, 1.82) is 0 Å². The highest BCUT2D eigenvalue weighted by Gasteiger charge is 2.23. The van der Waals surface area contributed by atoms with Crippen LogP contribution in [-0.2, 0) is 6.54 Å². The van der Waals surface area contributed by atoms with Crippen LogP contribution in [0.25, 0.3) is 0 Å². The molecule has 0 saturated heterocycles. The number of rotatable bonds is 14. The van der Waals surface area contributed by atoms with E-state index >= 15 is 0 Å². The van der Waals surface area contributed by atoms with Crippen molar-refractivity contribution in [3.8, 4) is 5.75 Å². The molecule has 2 N–H and O–H groups in total. The van der Waals surface area contributed by atoms with Gasteiger partial charge in [0, 0.05) is 34.0 Å². The first-order valence-corrected chi connectivity index (χ1v) is 16.4. The van der Waals surface area contributed by atoms with Gasteiger partial charge in [0.25, 0.3) is 5.91 Å². The molecule has 0 aliphatic rings. The van der Waals surface area contributed by atoms with Gasteiger partial charge in [-0.25, -0.2) is 9.78 Å². The summed E-state index contributed by atoms with van der Waals surface area (Å²) >= 11 is 12.8. The molecule has 2 amide bonds. The quantitative estimate of drug-likeness (QED) is 0.129. The highest BCUT2D eigenvalue weighted by Crippen LogP contribution is 2.29. The van der Waals surface area contributed by atoms with Gasteiger partial charge in [0.1, 0.15) is 11.6 Å². The maximum atomic E-state index is 13.8. The van der Waals surface area contributed by atoms with E-state index < -0.39 is 6.09 Å². The fourth-order valence-corrected chi connectivity index (χ4v) is 5.55. The summed E-state index contributed by atoms with van der Waals surface area (Å²) in [6.45, 7) is 7.53. The Morgan fingerprint density at radius 1 is 0.894 bits per heavy atom. The predicted octanol–water partition coefficient (Wildman–Crippen LogP) is 8.51. The third kappa shape index (κ3) is 10.7. The Bertz CT molecular complexity index is 1670. The van der Waals surface area contributed by atoms with Crippen molar-refractivity contribution in [2.45, 2.75) is 53.0 Å². The third-order valence-corrected chi connectivity index (χ3v) is 8.07. The molecule has 4 rings (SSSR count). The summed E-state index contributed by atoms with van der Waals surface area (Å²) in [6.07, 6.45) is 5.19. The first-order chi connectivity index (χ1) is 22.5. The lowest BCUT2D eigenvalue weighted by Crippen LogP contribution is -2.34. The molecular formula is C36H42Cl2N6O3. The van der Waals surface area contributed by atoms with Gasteiger partial charge in [0.15, 0.2) is 0 Å². The van der Waals surface area contributed by atoms with E-state index in [-0.39, 0.29) is 24.2 Å². The van der Waals surface area contributed by atoms with Crippen molar-refractivity contribution < 1.29 is 14.3 Å². The van der Waals surface area contributed by atoms with Gasteiger partial charge >= 0.3 is 6.09 Å². The molecule has 3 aromatic carbocycles. The lowest BCUT2D eigenvalue weighted by molar-refractivity contribution is 0.0953. The van der Waals surface area contributed by atoms with Crippen LogP contribution in [0.5, 0.6) is 5.75 Å². The molecule has 248 valence electrons. The first kappa shape index (κ1) is 35.7. The number of halogens is 2. The number of amides is 2. The van der Waals surface area contributed by atoms with E-state index in [4.69, 9.17) is 27.9 Å². The first-order valence-electron chi connectivity index (χ1n) is 15.6. The van der Waals surface area contributed by atoms with Crippen LogP contribution in [-0.4, -0.2) is 54.1 Å². The Morgan fingerprint density at radius 3 is 2.38 bits per heavy atom. The number of benzene rings is 3. The average molecular weight is 678 g/mol. The minimum atomic E-state index is -0.642. The van der Waals surface area contributed by atoms with Crippen LogP contribution in [0.2, 0.25) is 10.0 Å². The Balaban J connectivity index is 1.50. The second kappa shape index (κ2) is 17.1. The number of nitrogens with one attached hydrogen (secondary N) is 2. The Morgan fingerprint density at radius 2 is 1.64 bits per heavy atom. The SMILES string of the molecule is Cc1cc(C)c(OC(=O)N(Cc2cc(Cl)ccc2Cl)c2ccnc(Nc3cccc(C(=O)NCCCCCCN(C)C)c3)n2)c(C)c1. The molecule has 1 heterocycles. The summed E-state index contributed by atoms with van der Waals surface area (Å²) in [5.74, 6) is 0.848. The van der Waals surface area contributed by atoms with E-state index in [1.54, 1.807) is 48.7 Å². The lowest BCUT2D eigenvalue weighted by atomic mass is 10.1. The third-order valence-electron chi connectivity index (χ3n) is 7.47. The molecule has 0 saturated carbocycles. The fraction of sp³-hybridized carbons (Fsp3) is 0.333. The zero-order chi connectivity index (χ0) is 33.9. The zero-order valence-electron chi connectivity index (χ0n) is 27.6. The van der Waals surface area contributed by atoms with Crippen molar-refractivity contribution in [2.75, 3.05) is 37.4 Å². The van der Waals surface area contributed by atoms with Gasteiger partial charge in [-0.15, -0.1) is 0 Å². The highest BCUT2D eigenvalue weighted by atomic mass is 35.5. The Kier molecular flexibility index (Phi) is 13.0. The fourth-order valence-electron chi connectivity index (χ4n) is 5.18. The maximum Gasteiger partial charge on any atom is 0.421 e. The smallest absolute Gasteiger partial charge is 0.409 e. The molecule has 0 radical (unpaired) electrons. The summed E-state index contributed by atoms with van der Waals surface area (Å²) in [7, 11) is 4.15. The molecule has 0 atom stereocenters. The summed E-state index contributed by atoms with van der Waals surface area (Å²) in [4.78, 5) is 39.2. The van der Waals surface area contributed by atoms with Crippen molar-refractivity contribution in [3.63, 3.8) is 0 Å². The molecule has 1 aromatic heterocycles. The average Bonchev–Trinajstić information content (AvgIpc) is 3.02. The van der Waals surface area contributed by atoms with Crippen LogP contribution in [0.1, 0.15) is 58.3 Å². The predicted molar refractivity (Wildman–Crippen MR) is 190 cm³/mol. The molecule has 9 nitrogen and oxygen atoms in total. The van der Waals surface area contributed by atoms with Crippen LogP contribution in [0.3, 0.4) is 0 Å². The summed E-state index contributed by atoms with van der Waals surface area (Å²) in [5, 5.41) is 7.09. The number of aromatic nitrogens is 2. The van der Waals surface area contributed by atoms with Crippen LogP contribution in [0, 0.1) is 20.8 Å². The van der Waals surface area contributed by atoms with E-state index in [2.05, 4.69) is 39.6 Å². The van der Waals surface area contributed by atoms with Crippen LogP contribution in [0.4, 0.5) is 22.2 Å². The number of hydrogen-bond acceptors (Lipinski definition) is 7. The second-order valence-electron chi connectivity index (χ2n) is 11.8. The van der Waals surface area contributed by atoms with E-state index in [1.807, 2.05) is 39.0 Å². The number of unbranched alkanes of at least 4 members (excludes halogenated alkanes) is 3. The summed E-state index contributed by atoms with van der Waals surface area (Å²) < 4.78 is 5.94. The van der Waals surface area contributed by atoms with E-state index in [0.29, 0.717) is 39.2 Å².